The summed E-state index contributed by atoms with van der Waals surface area (Å²) in [7, 11) is 5.78. The molecule has 1 aliphatic heterocycles. The van der Waals surface area contributed by atoms with E-state index < -0.39 is 0 Å². The van der Waals surface area contributed by atoms with Crippen molar-refractivity contribution in [2.45, 2.75) is 50.1 Å². The standard InChI is InChI=1S/C21H32N4O2/c1-24(2)15-19(26)22-17-10-8-16(9-11-17)21(12-6-13-21)23-20(27)18-7-4-5-14-25(18)3/h8-11,18H,4-7,12-15H2,1-3H3,(H,22,26)(H,23,27)/t18-/m1/s1. The molecule has 3 rings (SSSR count). The van der Waals surface area contributed by atoms with E-state index in [1.165, 1.54) is 6.42 Å². The average Bonchev–Trinajstić information content (AvgIpc) is 2.58. The third-order valence-corrected chi connectivity index (χ3v) is 5.82. The van der Waals surface area contributed by atoms with E-state index in [9.17, 15) is 9.59 Å². The lowest BCUT2D eigenvalue weighted by Gasteiger charge is -2.45. The molecule has 1 aliphatic carbocycles. The Hall–Kier alpha value is -1.92. The molecule has 27 heavy (non-hydrogen) atoms. The van der Waals surface area contributed by atoms with Gasteiger partial charge in [0.05, 0.1) is 18.1 Å². The predicted molar refractivity (Wildman–Crippen MR) is 108 cm³/mol. The van der Waals surface area contributed by atoms with Crippen molar-refractivity contribution in [2.24, 2.45) is 0 Å². The van der Waals surface area contributed by atoms with Gasteiger partial charge in [0.1, 0.15) is 0 Å². The first-order valence-electron chi connectivity index (χ1n) is 9.97. The third kappa shape index (κ3) is 4.68. The van der Waals surface area contributed by atoms with Crippen LogP contribution in [0, 0.1) is 0 Å². The molecule has 2 amide bonds. The van der Waals surface area contributed by atoms with E-state index in [2.05, 4.69) is 15.5 Å². The second-order valence-corrected chi connectivity index (χ2v) is 8.28. The Balaban J connectivity index is 1.66. The van der Waals surface area contributed by atoms with Crippen LogP contribution in [0.15, 0.2) is 24.3 Å². The van der Waals surface area contributed by atoms with Crippen LogP contribution in [0.5, 0.6) is 0 Å². The summed E-state index contributed by atoms with van der Waals surface area (Å²) in [6.07, 6.45) is 6.31. The Morgan fingerprint density at radius 1 is 1.15 bits per heavy atom. The molecule has 0 unspecified atom stereocenters. The second kappa shape index (κ2) is 8.40. The largest absolute Gasteiger partial charge is 0.345 e. The van der Waals surface area contributed by atoms with E-state index in [0.29, 0.717) is 6.54 Å². The molecule has 1 saturated carbocycles. The smallest absolute Gasteiger partial charge is 0.238 e. The van der Waals surface area contributed by atoms with Gasteiger partial charge in [0.25, 0.3) is 0 Å². The first-order chi connectivity index (χ1) is 12.9. The zero-order chi connectivity index (χ0) is 19.4. The van der Waals surface area contributed by atoms with Gasteiger partial charge in [-0.2, -0.15) is 0 Å². The molecule has 6 heteroatoms. The zero-order valence-electron chi connectivity index (χ0n) is 16.8. The van der Waals surface area contributed by atoms with Gasteiger partial charge in [-0.05, 0) is 77.5 Å². The number of hydrogen-bond acceptors (Lipinski definition) is 4. The fourth-order valence-electron chi connectivity index (χ4n) is 4.10. The fourth-order valence-corrected chi connectivity index (χ4v) is 4.10. The number of anilines is 1. The highest BCUT2D eigenvalue weighted by Crippen LogP contribution is 2.41. The number of likely N-dealkylation sites (tertiary alicyclic amines) is 1. The Morgan fingerprint density at radius 2 is 1.85 bits per heavy atom. The molecule has 6 nitrogen and oxygen atoms in total. The van der Waals surface area contributed by atoms with Gasteiger partial charge in [-0.1, -0.05) is 18.6 Å². The highest BCUT2D eigenvalue weighted by Gasteiger charge is 2.41. The van der Waals surface area contributed by atoms with Crippen molar-refractivity contribution in [3.63, 3.8) is 0 Å². The van der Waals surface area contributed by atoms with Crippen molar-refractivity contribution in [3.8, 4) is 0 Å². The summed E-state index contributed by atoms with van der Waals surface area (Å²) in [6, 6.07) is 7.93. The summed E-state index contributed by atoms with van der Waals surface area (Å²) >= 11 is 0. The van der Waals surface area contributed by atoms with Crippen molar-refractivity contribution in [2.75, 3.05) is 39.5 Å². The molecule has 2 N–H and O–H groups in total. The fraction of sp³-hybridized carbons (Fsp3) is 0.619. The van der Waals surface area contributed by atoms with Gasteiger partial charge in [0.2, 0.25) is 11.8 Å². The SMILES string of the molecule is CN(C)CC(=O)Nc1ccc(C2(NC(=O)[C@H]3CCCCN3C)CCC2)cc1. The van der Waals surface area contributed by atoms with Gasteiger partial charge in [-0.25, -0.2) is 0 Å². The van der Waals surface area contributed by atoms with Crippen molar-refractivity contribution in [1.29, 1.82) is 0 Å². The molecule has 1 aromatic rings. The predicted octanol–water partition coefficient (Wildman–Crippen LogP) is 2.17. The number of piperidine rings is 1. The number of carbonyl (C=O) groups excluding carboxylic acids is 2. The van der Waals surface area contributed by atoms with Gasteiger partial charge in [0.15, 0.2) is 0 Å². The van der Waals surface area contributed by atoms with E-state index in [-0.39, 0.29) is 23.4 Å². The number of nitrogens with one attached hydrogen (secondary N) is 2. The molecule has 1 atom stereocenters. The lowest BCUT2D eigenvalue weighted by molar-refractivity contribution is -0.130. The van der Waals surface area contributed by atoms with Crippen LogP contribution in [0.2, 0.25) is 0 Å². The van der Waals surface area contributed by atoms with Crippen LogP contribution in [0.4, 0.5) is 5.69 Å². The second-order valence-electron chi connectivity index (χ2n) is 8.28. The Labute approximate surface area is 162 Å². The number of amides is 2. The summed E-state index contributed by atoms with van der Waals surface area (Å²) < 4.78 is 0. The van der Waals surface area contributed by atoms with Crippen LogP contribution < -0.4 is 10.6 Å². The lowest BCUT2D eigenvalue weighted by atomic mass is 9.71. The molecule has 148 valence electrons. The number of rotatable bonds is 6. The van der Waals surface area contributed by atoms with E-state index in [1.54, 1.807) is 0 Å². The van der Waals surface area contributed by atoms with Crippen LogP contribution in [-0.4, -0.2) is 61.9 Å². The number of nitrogens with zero attached hydrogens (tertiary/aromatic N) is 2. The molecular formula is C21H32N4O2. The monoisotopic (exact) mass is 372 g/mol. The summed E-state index contributed by atoms with van der Waals surface area (Å²) in [5, 5.41) is 6.27. The molecule has 1 aromatic carbocycles. The average molecular weight is 373 g/mol. The van der Waals surface area contributed by atoms with Gasteiger partial charge >= 0.3 is 0 Å². The number of carbonyl (C=O) groups is 2. The Bertz CT molecular complexity index is 667. The zero-order valence-corrected chi connectivity index (χ0v) is 16.8. The quantitative estimate of drug-likeness (QED) is 0.803. The van der Waals surface area contributed by atoms with E-state index in [0.717, 1.165) is 49.9 Å². The van der Waals surface area contributed by atoms with Gasteiger partial charge in [-0.15, -0.1) is 0 Å². The van der Waals surface area contributed by atoms with Crippen LogP contribution in [0.1, 0.15) is 44.1 Å². The van der Waals surface area contributed by atoms with Crippen LogP contribution in [-0.2, 0) is 15.1 Å². The van der Waals surface area contributed by atoms with Crippen LogP contribution in [0.25, 0.3) is 0 Å². The van der Waals surface area contributed by atoms with Crippen molar-refractivity contribution >= 4 is 17.5 Å². The van der Waals surface area contributed by atoms with E-state index >= 15 is 0 Å². The molecular weight excluding hydrogens is 340 g/mol. The van der Waals surface area contributed by atoms with E-state index in [4.69, 9.17) is 0 Å². The number of benzene rings is 1. The van der Waals surface area contributed by atoms with Gasteiger partial charge in [-0.3, -0.25) is 14.5 Å². The molecule has 2 aliphatic rings. The van der Waals surface area contributed by atoms with Crippen LogP contribution in [0.3, 0.4) is 0 Å². The number of likely N-dealkylation sites (N-methyl/N-ethyl adjacent to an activating group) is 2. The highest BCUT2D eigenvalue weighted by atomic mass is 16.2. The van der Waals surface area contributed by atoms with Gasteiger partial charge < -0.3 is 15.5 Å². The maximum atomic E-state index is 12.9. The Kier molecular flexibility index (Phi) is 6.17. The van der Waals surface area contributed by atoms with Crippen molar-refractivity contribution in [3.05, 3.63) is 29.8 Å². The minimum absolute atomic E-state index is 0.0131. The van der Waals surface area contributed by atoms with Crippen LogP contribution >= 0.6 is 0 Å². The third-order valence-electron chi connectivity index (χ3n) is 5.82. The van der Waals surface area contributed by atoms with Crippen molar-refractivity contribution in [1.82, 2.24) is 15.1 Å². The first-order valence-corrected chi connectivity index (χ1v) is 9.97. The maximum Gasteiger partial charge on any atom is 0.238 e. The highest BCUT2D eigenvalue weighted by molar-refractivity contribution is 5.92. The molecule has 0 spiro atoms. The van der Waals surface area contributed by atoms with E-state index in [1.807, 2.05) is 50.3 Å². The molecule has 0 radical (unpaired) electrons. The molecule has 1 heterocycles. The minimum Gasteiger partial charge on any atom is -0.345 e. The minimum atomic E-state index is -0.248. The Morgan fingerprint density at radius 3 is 2.41 bits per heavy atom. The molecule has 0 aromatic heterocycles. The maximum absolute atomic E-state index is 12.9. The molecule has 2 fully saturated rings. The normalized spacial score (nSPS) is 22.1. The van der Waals surface area contributed by atoms with Crippen molar-refractivity contribution < 1.29 is 9.59 Å². The first kappa shape index (κ1) is 19.8. The lowest BCUT2D eigenvalue weighted by Crippen LogP contribution is -2.57. The summed E-state index contributed by atoms with van der Waals surface area (Å²) in [6.45, 7) is 1.35. The summed E-state index contributed by atoms with van der Waals surface area (Å²) in [4.78, 5) is 28.8. The number of hydrogen-bond donors (Lipinski definition) is 2. The molecule has 0 bridgehead atoms. The molecule has 1 saturated heterocycles. The topological polar surface area (TPSA) is 64.7 Å². The summed E-state index contributed by atoms with van der Waals surface area (Å²) in [5.74, 6) is 0.125. The summed E-state index contributed by atoms with van der Waals surface area (Å²) in [5.41, 5.74) is 1.67. The van der Waals surface area contributed by atoms with Gasteiger partial charge in [0, 0.05) is 5.69 Å².